The number of benzene rings is 1. The van der Waals surface area contributed by atoms with Gasteiger partial charge in [-0.05, 0) is 18.1 Å². The van der Waals surface area contributed by atoms with Gasteiger partial charge in [-0.15, -0.1) is 0 Å². The lowest BCUT2D eigenvalue weighted by atomic mass is 9.84. The fraction of sp³-hybridized carbons (Fsp3) is 0.250. The van der Waals surface area contributed by atoms with Crippen LogP contribution in [0.25, 0.3) is 11.5 Å². The number of nitrogens with zero attached hydrogens (tertiary/aromatic N) is 2. The van der Waals surface area contributed by atoms with Gasteiger partial charge in [0.2, 0.25) is 11.8 Å². The van der Waals surface area contributed by atoms with Crippen LogP contribution in [0.3, 0.4) is 0 Å². The van der Waals surface area contributed by atoms with Crippen molar-refractivity contribution >= 4 is 5.88 Å². The van der Waals surface area contributed by atoms with Crippen molar-refractivity contribution in [2.45, 2.75) is 19.8 Å². The average molecular weight is 280 g/mol. The van der Waals surface area contributed by atoms with Gasteiger partial charge in [0.25, 0.3) is 0 Å². The Morgan fingerprint density at radius 1 is 1.33 bits per heavy atom. The van der Waals surface area contributed by atoms with Gasteiger partial charge in [0.15, 0.2) is 0 Å². The van der Waals surface area contributed by atoms with Crippen molar-refractivity contribution in [1.29, 1.82) is 5.26 Å². The van der Waals surface area contributed by atoms with Gasteiger partial charge >= 0.3 is 0 Å². The second-order valence-electron chi connectivity index (χ2n) is 5.39. The minimum Gasteiger partial charge on any atom is -0.420 e. The largest absolute Gasteiger partial charge is 0.420 e. The molecule has 0 bridgehead atoms. The third-order valence-corrected chi connectivity index (χ3v) is 3.61. The van der Waals surface area contributed by atoms with E-state index in [2.05, 4.69) is 16.4 Å². The highest BCUT2D eigenvalue weighted by atomic mass is 16.4. The summed E-state index contributed by atoms with van der Waals surface area (Å²) in [7, 11) is 0. The molecule has 0 saturated carbocycles. The number of nitriles is 1. The predicted octanol–water partition coefficient (Wildman–Crippen LogP) is 3.20. The third kappa shape index (κ3) is 2.15. The molecule has 1 aliphatic rings. The van der Waals surface area contributed by atoms with E-state index in [4.69, 9.17) is 10.2 Å². The highest BCUT2D eigenvalue weighted by Crippen LogP contribution is 2.41. The Kier molecular flexibility index (Phi) is 3.15. The average Bonchev–Trinajstić information content (AvgIpc) is 2.89. The van der Waals surface area contributed by atoms with Crippen LogP contribution >= 0.6 is 0 Å². The quantitative estimate of drug-likeness (QED) is 0.882. The zero-order valence-electron chi connectivity index (χ0n) is 11.9. The monoisotopic (exact) mass is 280 g/mol. The lowest BCUT2D eigenvalue weighted by molar-refractivity contribution is 0.535. The first kappa shape index (κ1) is 13.3. The van der Waals surface area contributed by atoms with Gasteiger partial charge in [0.05, 0.1) is 11.6 Å². The summed E-state index contributed by atoms with van der Waals surface area (Å²) in [6.07, 6.45) is 0. The molecule has 21 heavy (non-hydrogen) atoms. The number of aromatic nitrogens is 1. The van der Waals surface area contributed by atoms with Crippen molar-refractivity contribution < 1.29 is 4.42 Å². The fourth-order valence-electron chi connectivity index (χ4n) is 2.61. The molecule has 0 amide bonds. The van der Waals surface area contributed by atoms with Crippen LogP contribution in [0.2, 0.25) is 0 Å². The number of rotatable bonds is 2. The van der Waals surface area contributed by atoms with E-state index in [1.807, 2.05) is 44.2 Å². The normalized spacial score (nSPS) is 17.3. The molecule has 0 unspecified atom stereocenters. The topological polar surface area (TPSA) is 87.9 Å². The maximum absolute atomic E-state index is 9.34. The molecule has 5 heteroatoms. The number of hydrogen-bond acceptors (Lipinski definition) is 5. The molecule has 0 fully saturated rings. The Labute approximate surface area is 123 Å². The van der Waals surface area contributed by atoms with Crippen molar-refractivity contribution in [3.05, 3.63) is 47.4 Å². The van der Waals surface area contributed by atoms with E-state index in [0.717, 1.165) is 11.3 Å². The van der Waals surface area contributed by atoms with E-state index >= 15 is 0 Å². The molecule has 5 nitrogen and oxygen atoms in total. The molecule has 0 aliphatic carbocycles. The van der Waals surface area contributed by atoms with Gasteiger partial charge in [-0.2, -0.15) is 5.26 Å². The second-order valence-corrected chi connectivity index (χ2v) is 5.39. The minimum absolute atomic E-state index is 0.146. The molecule has 3 N–H and O–H groups in total. The van der Waals surface area contributed by atoms with E-state index < -0.39 is 0 Å². The van der Waals surface area contributed by atoms with Gasteiger partial charge in [-0.3, -0.25) is 0 Å². The predicted molar refractivity (Wildman–Crippen MR) is 80.0 cm³/mol. The van der Waals surface area contributed by atoms with Gasteiger partial charge in [0.1, 0.15) is 11.5 Å². The van der Waals surface area contributed by atoms with Crippen LogP contribution in [0, 0.1) is 17.2 Å². The molecule has 1 atom stereocenters. The Bertz CT molecular complexity index is 737. The lowest BCUT2D eigenvalue weighted by Gasteiger charge is -2.24. The van der Waals surface area contributed by atoms with Gasteiger partial charge in [-0.25, -0.2) is 4.98 Å². The van der Waals surface area contributed by atoms with Crippen molar-refractivity contribution in [2.75, 3.05) is 5.32 Å². The van der Waals surface area contributed by atoms with Crippen LogP contribution in [0.4, 0.5) is 5.88 Å². The van der Waals surface area contributed by atoms with Crippen LogP contribution in [-0.4, -0.2) is 4.98 Å². The SMILES string of the molecule is CC(C)[C@@H]1C(C#N)=C(N)Nc2oc(-c3ccccc3)nc21. The summed E-state index contributed by atoms with van der Waals surface area (Å²) in [6.45, 7) is 4.09. The number of hydrogen-bond donors (Lipinski definition) is 2. The standard InChI is InChI=1S/C16H16N4O/c1-9(2)12-11(8-17)14(18)20-16-13(12)19-15(21-16)10-6-4-3-5-7-10/h3-7,9,12,20H,18H2,1-2H3/t12-/m1/s1. The van der Waals surface area contributed by atoms with E-state index in [1.165, 1.54) is 0 Å². The summed E-state index contributed by atoms with van der Waals surface area (Å²) in [5, 5.41) is 12.3. The molecule has 106 valence electrons. The Balaban J connectivity index is 2.11. The smallest absolute Gasteiger partial charge is 0.229 e. The maximum atomic E-state index is 9.34. The second kappa shape index (κ2) is 4.98. The Hall–Kier alpha value is -2.74. The first-order valence-corrected chi connectivity index (χ1v) is 6.84. The van der Waals surface area contributed by atoms with Crippen LogP contribution in [0.1, 0.15) is 25.5 Å². The first-order valence-electron chi connectivity index (χ1n) is 6.84. The molecule has 1 aromatic heterocycles. The molecular formula is C16H16N4O. The molecule has 3 rings (SSSR count). The zero-order chi connectivity index (χ0) is 15.0. The van der Waals surface area contributed by atoms with Crippen molar-refractivity contribution in [3.8, 4) is 17.5 Å². The third-order valence-electron chi connectivity index (χ3n) is 3.61. The summed E-state index contributed by atoms with van der Waals surface area (Å²) in [5.41, 5.74) is 8.10. The van der Waals surface area contributed by atoms with E-state index in [0.29, 0.717) is 23.2 Å². The van der Waals surface area contributed by atoms with Crippen LogP contribution in [-0.2, 0) is 0 Å². The highest BCUT2D eigenvalue weighted by molar-refractivity contribution is 5.62. The number of allylic oxidation sites excluding steroid dienone is 1. The van der Waals surface area contributed by atoms with Gasteiger partial charge in [-0.1, -0.05) is 32.0 Å². The van der Waals surface area contributed by atoms with E-state index in [-0.39, 0.29) is 11.8 Å². The lowest BCUT2D eigenvalue weighted by Crippen LogP contribution is -2.24. The minimum atomic E-state index is -0.146. The first-order chi connectivity index (χ1) is 10.1. The summed E-state index contributed by atoms with van der Waals surface area (Å²) in [5.74, 6) is 1.47. The van der Waals surface area contributed by atoms with E-state index in [9.17, 15) is 5.26 Å². The van der Waals surface area contributed by atoms with Crippen molar-refractivity contribution in [2.24, 2.45) is 11.7 Å². The molecule has 2 heterocycles. The van der Waals surface area contributed by atoms with E-state index in [1.54, 1.807) is 0 Å². The Morgan fingerprint density at radius 2 is 2.05 bits per heavy atom. The molecule has 0 spiro atoms. The summed E-state index contributed by atoms with van der Waals surface area (Å²) < 4.78 is 5.79. The van der Waals surface area contributed by atoms with Gasteiger partial charge < -0.3 is 15.5 Å². The van der Waals surface area contributed by atoms with Crippen molar-refractivity contribution in [3.63, 3.8) is 0 Å². The number of fused-ring (bicyclic) bond motifs is 1. The number of nitrogens with two attached hydrogens (primary N) is 1. The maximum Gasteiger partial charge on any atom is 0.229 e. The molecular weight excluding hydrogens is 264 g/mol. The summed E-state index contributed by atoms with van der Waals surface area (Å²) in [6, 6.07) is 11.9. The molecule has 0 radical (unpaired) electrons. The van der Waals surface area contributed by atoms with Crippen LogP contribution in [0.5, 0.6) is 0 Å². The highest BCUT2D eigenvalue weighted by Gasteiger charge is 2.34. The van der Waals surface area contributed by atoms with Gasteiger partial charge in [0, 0.05) is 11.5 Å². The number of nitrogens with one attached hydrogen (secondary N) is 1. The molecule has 0 saturated heterocycles. The van der Waals surface area contributed by atoms with Crippen LogP contribution < -0.4 is 11.1 Å². The molecule has 1 aliphatic heterocycles. The number of oxazole rings is 1. The summed E-state index contributed by atoms with van der Waals surface area (Å²) in [4.78, 5) is 4.59. The number of anilines is 1. The fourth-order valence-corrected chi connectivity index (χ4v) is 2.61. The zero-order valence-corrected chi connectivity index (χ0v) is 11.9. The summed E-state index contributed by atoms with van der Waals surface area (Å²) >= 11 is 0. The van der Waals surface area contributed by atoms with Crippen LogP contribution in [0.15, 0.2) is 46.1 Å². The molecule has 2 aromatic rings. The molecule has 1 aromatic carbocycles. The van der Waals surface area contributed by atoms with Crippen molar-refractivity contribution in [1.82, 2.24) is 4.98 Å². The Morgan fingerprint density at radius 3 is 2.67 bits per heavy atom.